The Morgan fingerprint density at radius 3 is 0.845 bits per heavy atom. The average Bonchev–Trinajstić information content (AvgIpc) is 3.30. The van der Waals surface area contributed by atoms with E-state index < -0.39 is 0 Å². The van der Waals surface area contributed by atoms with Crippen molar-refractivity contribution in [3.63, 3.8) is 0 Å². The molecular weight excluding hydrogens is 885 g/mol. The van der Waals surface area contributed by atoms with Gasteiger partial charge in [-0.2, -0.15) is 0 Å². The minimum Gasteiger partial charge on any atom is -0.459 e. The molecule has 0 saturated heterocycles. The largest absolute Gasteiger partial charge is 0.459 e. The Bertz CT molecular complexity index is 1500. The summed E-state index contributed by atoms with van der Waals surface area (Å²) in [4.78, 5) is 49.2. The number of ether oxygens (including phenoxy) is 4. The van der Waals surface area contributed by atoms with Gasteiger partial charge in [0.25, 0.3) is 0 Å². The van der Waals surface area contributed by atoms with E-state index in [2.05, 4.69) is 55.4 Å². The Morgan fingerprint density at radius 2 is 0.577 bits per heavy atom. The Balaban J connectivity index is 0.000000474. The zero-order chi connectivity index (χ0) is 54.2. The molecule has 418 valence electrons. The Hall–Kier alpha value is -2.12. The van der Waals surface area contributed by atoms with Gasteiger partial charge < -0.3 is 18.9 Å². The SMILES string of the molecule is CCC(C)(C)C(=O)OC1(C(C)C)CCCCC1.CCC(C)(C)C(=O)OC1(C(C)C)CCCCCCC1.CCC(C)(C)C(=O)OC1(C)CCCCCCC1.CCC1(OC(=O)C(C)(C)CC)CCCCCCC1. The first-order valence-electron chi connectivity index (χ1n) is 30.0. The van der Waals surface area contributed by atoms with Crippen LogP contribution >= 0.6 is 0 Å². The Morgan fingerprint density at radius 1 is 0.352 bits per heavy atom. The molecule has 0 heterocycles. The van der Waals surface area contributed by atoms with Crippen molar-refractivity contribution in [2.75, 3.05) is 0 Å². The Labute approximate surface area is 439 Å². The molecule has 4 aliphatic rings. The fourth-order valence-corrected chi connectivity index (χ4v) is 10.0. The maximum absolute atomic E-state index is 12.4. The number of esters is 4. The van der Waals surface area contributed by atoms with Crippen LogP contribution in [-0.4, -0.2) is 46.3 Å². The molecule has 4 saturated carbocycles. The van der Waals surface area contributed by atoms with Crippen LogP contribution in [0.5, 0.6) is 0 Å². The highest BCUT2D eigenvalue weighted by Crippen LogP contribution is 2.41. The summed E-state index contributed by atoms with van der Waals surface area (Å²) in [6.45, 7) is 37.1. The van der Waals surface area contributed by atoms with E-state index in [0.29, 0.717) is 11.8 Å². The van der Waals surface area contributed by atoms with E-state index in [4.69, 9.17) is 18.9 Å². The molecule has 8 heteroatoms. The van der Waals surface area contributed by atoms with Gasteiger partial charge in [0.05, 0.1) is 21.7 Å². The number of carbonyl (C=O) groups is 4. The number of hydrogen-bond donors (Lipinski definition) is 0. The highest BCUT2D eigenvalue weighted by Gasteiger charge is 2.44. The highest BCUT2D eigenvalue weighted by atomic mass is 16.6. The zero-order valence-electron chi connectivity index (χ0n) is 50.3. The first-order valence-corrected chi connectivity index (χ1v) is 30.0. The second-order valence-corrected chi connectivity index (χ2v) is 26.3. The van der Waals surface area contributed by atoms with Crippen molar-refractivity contribution in [3.8, 4) is 0 Å². The fraction of sp³-hybridized carbons (Fsp3) is 0.937. The van der Waals surface area contributed by atoms with Crippen molar-refractivity contribution in [2.45, 2.75) is 346 Å². The standard InChI is InChI=1S/C17H32O2.C16H30O2.2C15H28O2/c1-6-16(4,5)15(18)19-17(14(2)3)12-10-8-7-9-11-13-17;1-5-15(3,4)14(17)18-16(6-2)12-10-8-7-9-11-13-16;1-6-14(4,5)13(16)17-15(12(2)3)10-8-7-9-11-15;1-5-14(2,3)13(16)17-15(4)11-9-7-6-8-10-12-15/h14H,6-13H2,1-5H3;5-13H2,1-4H3;12H,6-11H2,1-5H3;5-12H2,1-4H3. The lowest BCUT2D eigenvalue weighted by Crippen LogP contribution is -2.45. The van der Waals surface area contributed by atoms with Gasteiger partial charge in [0.1, 0.15) is 22.4 Å². The smallest absolute Gasteiger partial charge is 0.312 e. The van der Waals surface area contributed by atoms with Crippen LogP contribution in [0.15, 0.2) is 0 Å². The molecule has 0 aliphatic heterocycles. The van der Waals surface area contributed by atoms with Crippen molar-refractivity contribution >= 4 is 23.9 Å². The van der Waals surface area contributed by atoms with Crippen molar-refractivity contribution in [1.82, 2.24) is 0 Å². The lowest BCUT2D eigenvalue weighted by atomic mass is 9.76. The quantitative estimate of drug-likeness (QED) is 0.118. The molecule has 4 aliphatic carbocycles. The van der Waals surface area contributed by atoms with E-state index in [1.165, 1.54) is 116 Å². The predicted octanol–water partition coefficient (Wildman–Crippen LogP) is 18.8. The van der Waals surface area contributed by atoms with E-state index in [1.54, 1.807) is 0 Å². The van der Waals surface area contributed by atoms with E-state index >= 15 is 0 Å². The van der Waals surface area contributed by atoms with Gasteiger partial charge in [0, 0.05) is 0 Å². The predicted molar refractivity (Wildman–Crippen MR) is 297 cm³/mol. The van der Waals surface area contributed by atoms with Crippen LogP contribution in [0.3, 0.4) is 0 Å². The van der Waals surface area contributed by atoms with Gasteiger partial charge in [-0.05, 0) is 209 Å². The normalized spacial score (nSPS) is 20.8. The average molecular weight is 1000 g/mol. The second-order valence-electron chi connectivity index (χ2n) is 26.3. The van der Waals surface area contributed by atoms with Crippen molar-refractivity contribution in [3.05, 3.63) is 0 Å². The second kappa shape index (κ2) is 31.1. The van der Waals surface area contributed by atoms with Crippen LogP contribution in [-0.2, 0) is 38.1 Å². The molecule has 0 radical (unpaired) electrons. The first kappa shape index (κ1) is 66.9. The maximum Gasteiger partial charge on any atom is 0.312 e. The van der Waals surface area contributed by atoms with Crippen molar-refractivity contribution < 1.29 is 38.1 Å². The van der Waals surface area contributed by atoms with Gasteiger partial charge in [-0.15, -0.1) is 0 Å². The van der Waals surface area contributed by atoms with Gasteiger partial charge in [0.15, 0.2) is 0 Å². The molecule has 0 aromatic rings. The molecule has 71 heavy (non-hydrogen) atoms. The van der Waals surface area contributed by atoms with Gasteiger partial charge in [0.2, 0.25) is 0 Å². The molecule has 8 nitrogen and oxygen atoms in total. The van der Waals surface area contributed by atoms with Crippen LogP contribution in [0, 0.1) is 33.5 Å². The van der Waals surface area contributed by atoms with Gasteiger partial charge in [-0.3, -0.25) is 19.2 Å². The molecule has 0 bridgehead atoms. The monoisotopic (exact) mass is 1000 g/mol. The summed E-state index contributed by atoms with van der Waals surface area (Å²) in [5, 5.41) is 0. The van der Waals surface area contributed by atoms with Gasteiger partial charge >= 0.3 is 23.9 Å². The van der Waals surface area contributed by atoms with Crippen molar-refractivity contribution in [2.24, 2.45) is 33.5 Å². The van der Waals surface area contributed by atoms with E-state index in [1.807, 2.05) is 69.2 Å². The third kappa shape index (κ3) is 22.3. The fourth-order valence-electron chi connectivity index (χ4n) is 10.0. The minimum absolute atomic E-state index is 0.00702. The van der Waals surface area contributed by atoms with E-state index in [9.17, 15) is 19.2 Å². The summed E-state index contributed by atoms with van der Waals surface area (Å²) in [6.07, 6.45) is 35.2. The molecule has 0 spiro atoms. The summed E-state index contributed by atoms with van der Waals surface area (Å²) in [5.41, 5.74) is -2.20. The number of carbonyl (C=O) groups excluding carboxylic acids is 4. The summed E-state index contributed by atoms with van der Waals surface area (Å²) in [6, 6.07) is 0. The first-order chi connectivity index (χ1) is 33.0. The van der Waals surface area contributed by atoms with E-state index in [-0.39, 0.29) is 67.9 Å². The van der Waals surface area contributed by atoms with E-state index in [0.717, 1.165) is 83.5 Å². The third-order valence-corrected chi connectivity index (χ3v) is 18.3. The summed E-state index contributed by atoms with van der Waals surface area (Å²) in [7, 11) is 0. The molecule has 4 rings (SSSR count). The van der Waals surface area contributed by atoms with Crippen LogP contribution < -0.4 is 0 Å². The number of rotatable bonds is 15. The summed E-state index contributed by atoms with van der Waals surface area (Å²) < 4.78 is 23.9. The molecule has 0 amide bonds. The van der Waals surface area contributed by atoms with Gasteiger partial charge in [-0.25, -0.2) is 0 Å². The minimum atomic E-state index is -0.357. The molecule has 0 atom stereocenters. The molecule has 0 unspecified atom stereocenters. The molecular formula is C63H118O8. The number of hydrogen-bond acceptors (Lipinski definition) is 8. The van der Waals surface area contributed by atoms with Crippen LogP contribution in [0.2, 0.25) is 0 Å². The van der Waals surface area contributed by atoms with Crippen LogP contribution in [0.1, 0.15) is 324 Å². The highest BCUT2D eigenvalue weighted by molar-refractivity contribution is 5.77. The zero-order valence-corrected chi connectivity index (χ0v) is 50.3. The molecule has 0 aromatic heterocycles. The van der Waals surface area contributed by atoms with Gasteiger partial charge in [-0.1, -0.05) is 127 Å². The lowest BCUT2D eigenvalue weighted by Gasteiger charge is -2.42. The van der Waals surface area contributed by atoms with Crippen LogP contribution in [0.4, 0.5) is 0 Å². The maximum atomic E-state index is 12.4. The van der Waals surface area contributed by atoms with Crippen LogP contribution in [0.25, 0.3) is 0 Å². The summed E-state index contributed by atoms with van der Waals surface area (Å²) >= 11 is 0. The molecule has 0 aromatic carbocycles. The molecule has 0 N–H and O–H groups in total. The molecule has 4 fully saturated rings. The lowest BCUT2D eigenvalue weighted by molar-refractivity contribution is -0.181. The Kier molecular flexibility index (Phi) is 29.3. The topological polar surface area (TPSA) is 105 Å². The third-order valence-electron chi connectivity index (χ3n) is 18.3. The summed E-state index contributed by atoms with van der Waals surface area (Å²) in [5.74, 6) is 0.761. The van der Waals surface area contributed by atoms with Crippen molar-refractivity contribution in [1.29, 1.82) is 0 Å².